The van der Waals surface area contributed by atoms with Crippen molar-refractivity contribution in [2.45, 2.75) is 36.6 Å². The van der Waals surface area contributed by atoms with Crippen molar-refractivity contribution in [3.8, 4) is 0 Å². The number of ether oxygens (including phenoxy) is 1. The van der Waals surface area contributed by atoms with E-state index in [1.165, 1.54) is 6.07 Å². The van der Waals surface area contributed by atoms with Crippen molar-refractivity contribution >= 4 is 38.7 Å². The van der Waals surface area contributed by atoms with Crippen molar-refractivity contribution in [1.82, 2.24) is 18.4 Å². The molecule has 2 fully saturated rings. The lowest BCUT2D eigenvalue weighted by Crippen LogP contribution is -2.47. The number of rotatable bonds is 7. The molecule has 1 aromatic carbocycles. The van der Waals surface area contributed by atoms with Gasteiger partial charge in [0.2, 0.25) is 15.9 Å². The third kappa shape index (κ3) is 4.13. The molecule has 1 saturated heterocycles. The highest BCUT2D eigenvalue weighted by molar-refractivity contribution is 7.89. The van der Waals surface area contributed by atoms with Gasteiger partial charge in [0, 0.05) is 38.3 Å². The van der Waals surface area contributed by atoms with Gasteiger partial charge < -0.3 is 9.64 Å². The van der Waals surface area contributed by atoms with Crippen molar-refractivity contribution in [3.05, 3.63) is 18.2 Å². The zero-order chi connectivity index (χ0) is 18.9. The van der Waals surface area contributed by atoms with Crippen molar-refractivity contribution in [3.63, 3.8) is 0 Å². The molecule has 0 radical (unpaired) electrons. The number of benzene rings is 1. The van der Waals surface area contributed by atoms with Crippen molar-refractivity contribution in [1.29, 1.82) is 0 Å². The van der Waals surface area contributed by atoms with E-state index in [1.807, 2.05) is 4.90 Å². The van der Waals surface area contributed by atoms with E-state index in [0.717, 1.165) is 37.4 Å². The van der Waals surface area contributed by atoms with Crippen LogP contribution in [0, 0.1) is 5.92 Å². The van der Waals surface area contributed by atoms with Gasteiger partial charge in [-0.1, -0.05) is 6.07 Å². The van der Waals surface area contributed by atoms with Crippen LogP contribution in [0.4, 0.5) is 0 Å². The number of hydrogen-bond donors (Lipinski definition) is 1. The molecule has 1 N–H and O–H groups in total. The van der Waals surface area contributed by atoms with E-state index in [-0.39, 0.29) is 29.3 Å². The quantitative estimate of drug-likeness (QED) is 0.740. The maximum Gasteiger partial charge on any atom is 0.242 e. The number of nitrogens with one attached hydrogen (secondary N) is 1. The van der Waals surface area contributed by atoms with E-state index in [2.05, 4.69) is 13.5 Å². The maximum atomic E-state index is 12.7. The molecule has 1 amide bonds. The van der Waals surface area contributed by atoms with Gasteiger partial charge >= 0.3 is 0 Å². The molecule has 1 saturated carbocycles. The summed E-state index contributed by atoms with van der Waals surface area (Å²) in [6.07, 6.45) is 3.47. The Morgan fingerprint density at radius 1 is 1.22 bits per heavy atom. The van der Waals surface area contributed by atoms with Gasteiger partial charge in [-0.3, -0.25) is 4.79 Å². The molecule has 2 aromatic rings. The number of sulfonamides is 1. The lowest BCUT2D eigenvalue weighted by Gasteiger charge is -2.34. The Morgan fingerprint density at radius 2 is 2.00 bits per heavy atom. The molecule has 0 unspecified atom stereocenters. The summed E-state index contributed by atoms with van der Waals surface area (Å²) in [5.41, 5.74) is 0.945. The number of carbonyl (C=O) groups is 1. The SMILES string of the molecule is O=C(C1CC1)N(CCNS(=O)(=O)c1cccc2nsnc12)C1CCOCC1. The minimum absolute atomic E-state index is 0.110. The van der Waals surface area contributed by atoms with Gasteiger partial charge in [0.1, 0.15) is 15.9 Å². The van der Waals surface area contributed by atoms with Crippen LogP contribution in [0.25, 0.3) is 11.0 Å². The first-order valence-corrected chi connectivity index (χ1v) is 11.4. The average Bonchev–Trinajstić information content (AvgIpc) is 3.42. The fourth-order valence-electron chi connectivity index (χ4n) is 3.41. The second-order valence-corrected chi connectivity index (χ2v) is 9.20. The minimum atomic E-state index is -3.72. The summed E-state index contributed by atoms with van der Waals surface area (Å²) in [5.74, 6) is 0.256. The third-order valence-electron chi connectivity index (χ3n) is 5.02. The fraction of sp³-hybridized carbons (Fsp3) is 0.588. The second-order valence-electron chi connectivity index (χ2n) is 6.94. The minimum Gasteiger partial charge on any atom is -0.381 e. The second kappa shape index (κ2) is 7.78. The van der Waals surface area contributed by atoms with Crippen LogP contribution in [0.5, 0.6) is 0 Å². The first-order chi connectivity index (χ1) is 13.1. The standard InChI is InChI=1S/C17H22N4O4S2/c22-17(12-4-5-12)21(13-6-10-25-11-7-13)9-8-18-27(23,24)15-3-1-2-14-16(15)20-26-19-14/h1-3,12-13,18H,4-11H2. The Morgan fingerprint density at radius 3 is 2.74 bits per heavy atom. The van der Waals surface area contributed by atoms with Crippen LogP contribution >= 0.6 is 11.7 Å². The van der Waals surface area contributed by atoms with Gasteiger partial charge in [0.15, 0.2) is 0 Å². The summed E-state index contributed by atoms with van der Waals surface area (Å²) in [4.78, 5) is 14.6. The number of aromatic nitrogens is 2. The molecule has 8 nitrogen and oxygen atoms in total. The molecular formula is C17H22N4O4S2. The van der Waals surface area contributed by atoms with Crippen molar-refractivity contribution in [2.24, 2.45) is 5.92 Å². The normalized spacial score (nSPS) is 18.7. The molecule has 1 aliphatic carbocycles. The highest BCUT2D eigenvalue weighted by atomic mass is 32.2. The average molecular weight is 411 g/mol. The summed E-state index contributed by atoms with van der Waals surface area (Å²) >= 11 is 0.988. The van der Waals surface area contributed by atoms with Crippen LogP contribution in [0.15, 0.2) is 23.1 Å². The Hall–Kier alpha value is -1.62. The van der Waals surface area contributed by atoms with E-state index >= 15 is 0 Å². The molecule has 2 aliphatic rings. The van der Waals surface area contributed by atoms with Crippen LogP contribution in [0.3, 0.4) is 0 Å². The zero-order valence-corrected chi connectivity index (χ0v) is 16.5. The number of nitrogens with zero attached hydrogens (tertiary/aromatic N) is 3. The number of carbonyl (C=O) groups excluding carboxylic acids is 1. The molecule has 0 bridgehead atoms. The number of fused-ring (bicyclic) bond motifs is 1. The van der Waals surface area contributed by atoms with Gasteiger partial charge in [-0.25, -0.2) is 13.1 Å². The molecule has 1 aromatic heterocycles. The Bertz CT molecular complexity index is 920. The molecule has 2 heterocycles. The van der Waals surface area contributed by atoms with Crippen LogP contribution in [0.1, 0.15) is 25.7 Å². The molecule has 27 heavy (non-hydrogen) atoms. The monoisotopic (exact) mass is 410 g/mol. The zero-order valence-electron chi connectivity index (χ0n) is 14.8. The summed E-state index contributed by atoms with van der Waals surface area (Å²) in [6.45, 7) is 1.82. The smallest absolute Gasteiger partial charge is 0.242 e. The molecule has 0 atom stereocenters. The molecule has 146 valence electrons. The van der Waals surface area contributed by atoms with E-state index in [4.69, 9.17) is 4.74 Å². The molecule has 1 aliphatic heterocycles. The van der Waals surface area contributed by atoms with Crippen LogP contribution < -0.4 is 4.72 Å². The van der Waals surface area contributed by atoms with Gasteiger partial charge in [-0.2, -0.15) is 8.75 Å². The summed E-state index contributed by atoms with van der Waals surface area (Å²) in [5, 5.41) is 0. The fourth-order valence-corrected chi connectivity index (χ4v) is 5.20. The van der Waals surface area contributed by atoms with E-state index < -0.39 is 10.0 Å². The topological polar surface area (TPSA) is 101 Å². The first-order valence-electron chi connectivity index (χ1n) is 9.15. The van der Waals surface area contributed by atoms with Crippen LogP contribution in [-0.2, 0) is 19.6 Å². The third-order valence-corrected chi connectivity index (χ3v) is 7.06. The van der Waals surface area contributed by atoms with Crippen molar-refractivity contribution in [2.75, 3.05) is 26.3 Å². The summed E-state index contributed by atoms with van der Waals surface area (Å²) in [6, 6.07) is 5.04. The largest absolute Gasteiger partial charge is 0.381 e. The van der Waals surface area contributed by atoms with Gasteiger partial charge in [0.05, 0.1) is 11.7 Å². The lowest BCUT2D eigenvalue weighted by atomic mass is 10.1. The van der Waals surface area contributed by atoms with Gasteiger partial charge in [0.25, 0.3) is 0 Å². The number of hydrogen-bond acceptors (Lipinski definition) is 7. The van der Waals surface area contributed by atoms with Gasteiger partial charge in [-0.05, 0) is 37.8 Å². The van der Waals surface area contributed by atoms with E-state index in [1.54, 1.807) is 12.1 Å². The first kappa shape index (κ1) is 18.7. The molecule has 4 rings (SSSR count). The molecular weight excluding hydrogens is 388 g/mol. The Labute approximate surface area is 162 Å². The molecule has 0 spiro atoms. The Balaban J connectivity index is 1.44. The lowest BCUT2D eigenvalue weighted by molar-refractivity contribution is -0.136. The highest BCUT2D eigenvalue weighted by Crippen LogP contribution is 2.32. The predicted molar refractivity (Wildman–Crippen MR) is 101 cm³/mol. The van der Waals surface area contributed by atoms with E-state index in [0.29, 0.717) is 30.8 Å². The van der Waals surface area contributed by atoms with Gasteiger partial charge in [-0.15, -0.1) is 0 Å². The maximum absolute atomic E-state index is 12.7. The van der Waals surface area contributed by atoms with Crippen LogP contribution in [-0.4, -0.2) is 60.3 Å². The summed E-state index contributed by atoms with van der Waals surface area (Å²) < 4.78 is 41.6. The molecule has 10 heteroatoms. The van der Waals surface area contributed by atoms with Crippen molar-refractivity contribution < 1.29 is 17.9 Å². The van der Waals surface area contributed by atoms with Crippen LogP contribution in [0.2, 0.25) is 0 Å². The predicted octanol–water partition coefficient (Wildman–Crippen LogP) is 1.39. The summed E-state index contributed by atoms with van der Waals surface area (Å²) in [7, 11) is -3.72. The Kier molecular flexibility index (Phi) is 5.40. The highest BCUT2D eigenvalue weighted by Gasteiger charge is 2.36. The number of amides is 1. The van der Waals surface area contributed by atoms with E-state index in [9.17, 15) is 13.2 Å².